The lowest BCUT2D eigenvalue weighted by Gasteiger charge is -2.29. The second kappa shape index (κ2) is 3.21. The van der Waals surface area contributed by atoms with E-state index in [4.69, 9.17) is 0 Å². The largest absolute Gasteiger partial charge is 0.506 e. The maximum absolute atomic E-state index is 11.5. The Morgan fingerprint density at radius 2 is 2.36 bits per heavy atom. The van der Waals surface area contributed by atoms with Gasteiger partial charge in [-0.25, -0.2) is 0 Å². The molecular formula is C10H12N2O2. The molecule has 0 radical (unpaired) electrons. The lowest BCUT2D eigenvalue weighted by atomic mass is 10.2. The fourth-order valence-corrected chi connectivity index (χ4v) is 1.67. The highest BCUT2D eigenvalue weighted by Gasteiger charge is 2.23. The molecule has 1 amide bonds. The molecule has 2 rings (SSSR count). The molecule has 0 spiro atoms. The predicted octanol–water partition coefficient (Wildman–Crippen LogP) is 1.17. The van der Waals surface area contributed by atoms with Gasteiger partial charge in [-0.2, -0.15) is 0 Å². The van der Waals surface area contributed by atoms with Crippen LogP contribution in [0.4, 0.5) is 11.4 Å². The van der Waals surface area contributed by atoms with Gasteiger partial charge in [0.2, 0.25) is 5.91 Å². The Hall–Kier alpha value is -1.71. The molecule has 0 unspecified atom stereocenters. The van der Waals surface area contributed by atoms with Crippen LogP contribution in [0.5, 0.6) is 5.75 Å². The summed E-state index contributed by atoms with van der Waals surface area (Å²) in [5, 5.41) is 12.5. The van der Waals surface area contributed by atoms with Gasteiger partial charge in [-0.05, 0) is 19.1 Å². The molecule has 0 saturated heterocycles. The summed E-state index contributed by atoms with van der Waals surface area (Å²) in [5.41, 5.74) is 1.40. The van der Waals surface area contributed by atoms with E-state index in [0.29, 0.717) is 12.2 Å². The number of carbonyl (C=O) groups is 1. The van der Waals surface area contributed by atoms with Crippen LogP contribution in [-0.2, 0) is 4.79 Å². The third kappa shape index (κ3) is 1.19. The number of carbonyl (C=O) groups excluding carboxylic acids is 1. The van der Waals surface area contributed by atoms with Gasteiger partial charge in [0.25, 0.3) is 0 Å². The zero-order valence-electron chi connectivity index (χ0n) is 7.95. The minimum absolute atomic E-state index is 0.0330. The number of nitrogens with one attached hydrogen (secondary N) is 1. The molecule has 0 aromatic heterocycles. The van der Waals surface area contributed by atoms with Crippen molar-refractivity contribution in [1.29, 1.82) is 0 Å². The number of phenolic OH excluding ortho intramolecular Hbond substituents is 1. The molecule has 14 heavy (non-hydrogen) atoms. The molecule has 0 atom stereocenters. The summed E-state index contributed by atoms with van der Waals surface area (Å²) >= 11 is 0. The Morgan fingerprint density at radius 3 is 3.07 bits per heavy atom. The van der Waals surface area contributed by atoms with Crippen molar-refractivity contribution in [2.24, 2.45) is 0 Å². The van der Waals surface area contributed by atoms with Crippen LogP contribution >= 0.6 is 0 Å². The normalized spacial score (nSPS) is 14.9. The van der Waals surface area contributed by atoms with Gasteiger partial charge >= 0.3 is 0 Å². The number of hydrogen-bond donors (Lipinski definition) is 2. The van der Waals surface area contributed by atoms with Crippen LogP contribution < -0.4 is 10.2 Å². The van der Waals surface area contributed by atoms with Crippen molar-refractivity contribution in [2.75, 3.05) is 23.3 Å². The van der Waals surface area contributed by atoms with Gasteiger partial charge in [-0.3, -0.25) is 4.79 Å². The molecule has 0 fully saturated rings. The molecule has 1 heterocycles. The van der Waals surface area contributed by atoms with E-state index < -0.39 is 0 Å². The molecular weight excluding hydrogens is 180 g/mol. The van der Waals surface area contributed by atoms with Crippen molar-refractivity contribution in [3.8, 4) is 5.75 Å². The summed E-state index contributed by atoms with van der Waals surface area (Å²) in [7, 11) is 0. The van der Waals surface area contributed by atoms with Crippen molar-refractivity contribution in [3.63, 3.8) is 0 Å². The first-order valence-electron chi connectivity index (χ1n) is 4.60. The molecule has 4 nitrogen and oxygen atoms in total. The number of phenols is 1. The van der Waals surface area contributed by atoms with Crippen LogP contribution in [0.25, 0.3) is 0 Å². The molecule has 1 aliphatic rings. The number of aromatic hydroxyl groups is 1. The van der Waals surface area contributed by atoms with Gasteiger partial charge in [0.1, 0.15) is 11.4 Å². The molecule has 1 aromatic rings. The Kier molecular flexibility index (Phi) is 2.04. The Bertz CT molecular complexity index is 376. The average Bonchev–Trinajstić information content (AvgIpc) is 2.18. The fraction of sp³-hybridized carbons (Fsp3) is 0.300. The van der Waals surface area contributed by atoms with E-state index in [1.807, 2.05) is 13.0 Å². The summed E-state index contributed by atoms with van der Waals surface area (Å²) in [6, 6.07) is 5.16. The van der Waals surface area contributed by atoms with Gasteiger partial charge in [0, 0.05) is 6.54 Å². The van der Waals surface area contributed by atoms with E-state index >= 15 is 0 Å². The monoisotopic (exact) mass is 192 g/mol. The topological polar surface area (TPSA) is 52.6 Å². The van der Waals surface area contributed by atoms with Crippen LogP contribution in [0.1, 0.15) is 6.92 Å². The van der Waals surface area contributed by atoms with Gasteiger partial charge < -0.3 is 15.3 Å². The second-order valence-corrected chi connectivity index (χ2v) is 3.16. The minimum Gasteiger partial charge on any atom is -0.506 e. The zero-order valence-corrected chi connectivity index (χ0v) is 7.95. The van der Waals surface area contributed by atoms with E-state index in [-0.39, 0.29) is 18.2 Å². The predicted molar refractivity (Wildman–Crippen MR) is 54.6 cm³/mol. The highest BCUT2D eigenvalue weighted by molar-refractivity contribution is 6.03. The standard InChI is InChI=1S/C10H12N2O2/c1-2-12-7-4-3-5-8(13)10(7)11-6-9(12)14/h3-5,11,13H,2,6H2,1H3. The number of hydrogen-bond acceptors (Lipinski definition) is 3. The molecule has 0 saturated carbocycles. The molecule has 1 aliphatic heterocycles. The molecule has 0 bridgehead atoms. The number of likely N-dealkylation sites (N-methyl/N-ethyl adjacent to an activating group) is 1. The summed E-state index contributed by atoms with van der Waals surface area (Å²) in [5.74, 6) is 0.221. The van der Waals surface area contributed by atoms with Gasteiger partial charge in [-0.1, -0.05) is 6.07 Å². The SMILES string of the molecule is CCN1C(=O)CNc2c(O)cccc21. The average molecular weight is 192 g/mol. The van der Waals surface area contributed by atoms with Crippen LogP contribution in [0, 0.1) is 0 Å². The Labute approximate surface area is 82.2 Å². The van der Waals surface area contributed by atoms with E-state index in [1.54, 1.807) is 17.0 Å². The van der Waals surface area contributed by atoms with Crippen LogP contribution in [-0.4, -0.2) is 24.1 Å². The Balaban J connectivity index is 2.52. The smallest absolute Gasteiger partial charge is 0.246 e. The van der Waals surface area contributed by atoms with Crippen molar-refractivity contribution < 1.29 is 9.90 Å². The fourth-order valence-electron chi connectivity index (χ4n) is 1.67. The number of benzene rings is 1. The van der Waals surface area contributed by atoms with E-state index in [0.717, 1.165) is 5.69 Å². The Morgan fingerprint density at radius 1 is 1.57 bits per heavy atom. The highest BCUT2D eigenvalue weighted by Crippen LogP contribution is 2.36. The lowest BCUT2D eigenvalue weighted by molar-refractivity contribution is -0.117. The molecule has 0 aliphatic carbocycles. The number of fused-ring (bicyclic) bond motifs is 1. The molecule has 2 N–H and O–H groups in total. The third-order valence-electron chi connectivity index (χ3n) is 2.34. The maximum Gasteiger partial charge on any atom is 0.246 e. The van der Waals surface area contributed by atoms with Crippen molar-refractivity contribution >= 4 is 17.3 Å². The quantitative estimate of drug-likeness (QED) is 0.657. The van der Waals surface area contributed by atoms with Crippen molar-refractivity contribution in [2.45, 2.75) is 6.92 Å². The molecule has 4 heteroatoms. The van der Waals surface area contributed by atoms with Crippen LogP contribution in [0.2, 0.25) is 0 Å². The first kappa shape index (κ1) is 8.87. The summed E-state index contributed by atoms with van der Waals surface area (Å²) in [6.07, 6.45) is 0. The van der Waals surface area contributed by atoms with E-state index in [9.17, 15) is 9.90 Å². The number of rotatable bonds is 1. The van der Waals surface area contributed by atoms with E-state index in [1.165, 1.54) is 0 Å². The summed E-state index contributed by atoms with van der Waals surface area (Å²) < 4.78 is 0. The summed E-state index contributed by atoms with van der Waals surface area (Å²) in [4.78, 5) is 13.1. The first-order chi connectivity index (χ1) is 6.74. The molecule has 1 aromatic carbocycles. The van der Waals surface area contributed by atoms with Crippen LogP contribution in [0.3, 0.4) is 0 Å². The van der Waals surface area contributed by atoms with Gasteiger partial charge in [-0.15, -0.1) is 0 Å². The second-order valence-electron chi connectivity index (χ2n) is 3.16. The number of anilines is 2. The van der Waals surface area contributed by atoms with Gasteiger partial charge in [0.05, 0.1) is 12.2 Å². The number of nitrogens with zero attached hydrogens (tertiary/aromatic N) is 1. The maximum atomic E-state index is 11.5. The number of para-hydroxylation sites is 1. The zero-order chi connectivity index (χ0) is 10.1. The van der Waals surface area contributed by atoms with Gasteiger partial charge in [0.15, 0.2) is 0 Å². The highest BCUT2D eigenvalue weighted by atomic mass is 16.3. The molecule has 74 valence electrons. The minimum atomic E-state index is 0.0330. The number of amides is 1. The van der Waals surface area contributed by atoms with Crippen LogP contribution in [0.15, 0.2) is 18.2 Å². The first-order valence-corrected chi connectivity index (χ1v) is 4.60. The van der Waals surface area contributed by atoms with Crippen molar-refractivity contribution in [1.82, 2.24) is 0 Å². The summed E-state index contributed by atoms with van der Waals surface area (Å²) in [6.45, 7) is 2.78. The lowest BCUT2D eigenvalue weighted by Crippen LogP contribution is -2.39. The third-order valence-corrected chi connectivity index (χ3v) is 2.34. The van der Waals surface area contributed by atoms with E-state index in [2.05, 4.69) is 5.32 Å². The van der Waals surface area contributed by atoms with Crippen molar-refractivity contribution in [3.05, 3.63) is 18.2 Å².